The molecule has 1 saturated heterocycles. The van der Waals surface area contributed by atoms with E-state index in [9.17, 15) is 0 Å². The van der Waals surface area contributed by atoms with Crippen molar-refractivity contribution in [1.82, 2.24) is 4.98 Å². The number of nitrogens with two attached hydrogens (primary N) is 1. The first-order chi connectivity index (χ1) is 8.29. The van der Waals surface area contributed by atoms with Gasteiger partial charge in [0, 0.05) is 19.8 Å². The van der Waals surface area contributed by atoms with E-state index in [0.717, 1.165) is 32.6 Å². The van der Waals surface area contributed by atoms with Crippen LogP contribution in [0.1, 0.15) is 18.5 Å². The molecule has 2 heterocycles. The van der Waals surface area contributed by atoms with Crippen LogP contribution in [0.3, 0.4) is 0 Å². The number of hydrogen-bond donors (Lipinski definition) is 2. The van der Waals surface area contributed by atoms with Crippen molar-refractivity contribution in [3.05, 3.63) is 17.8 Å². The molecule has 1 aromatic rings. The van der Waals surface area contributed by atoms with Gasteiger partial charge in [0.05, 0.1) is 5.69 Å². The number of nitrogens with zero attached hydrogens (tertiary/aromatic N) is 2. The van der Waals surface area contributed by atoms with Crippen molar-refractivity contribution in [2.24, 2.45) is 5.92 Å². The summed E-state index contributed by atoms with van der Waals surface area (Å²) in [5.74, 6) is 1.33. The van der Waals surface area contributed by atoms with E-state index < -0.39 is 0 Å². The summed E-state index contributed by atoms with van der Waals surface area (Å²) in [5, 5.41) is 12.1. The zero-order valence-corrected chi connectivity index (χ0v) is 9.65. The van der Waals surface area contributed by atoms with Gasteiger partial charge in [0.1, 0.15) is 11.9 Å². The molecule has 1 fully saturated rings. The number of pyridine rings is 1. The molecule has 5 heteroatoms. The monoisotopic (exact) mass is 232 g/mol. The van der Waals surface area contributed by atoms with Crippen LogP contribution in [0.4, 0.5) is 11.5 Å². The van der Waals surface area contributed by atoms with Crippen molar-refractivity contribution < 1.29 is 4.74 Å². The number of rotatable bonds is 3. The largest absolute Gasteiger partial charge is 0.396 e. The average molecular weight is 232 g/mol. The van der Waals surface area contributed by atoms with Crippen LogP contribution in [0.25, 0.3) is 0 Å². The Morgan fingerprint density at radius 2 is 2.24 bits per heavy atom. The quantitative estimate of drug-likeness (QED) is 0.822. The maximum Gasteiger partial charge on any atom is 0.165 e. The molecule has 2 rings (SSSR count). The van der Waals surface area contributed by atoms with Gasteiger partial charge in [-0.3, -0.25) is 0 Å². The van der Waals surface area contributed by atoms with Gasteiger partial charge in [0.2, 0.25) is 0 Å². The average Bonchev–Trinajstić information content (AvgIpc) is 2.39. The lowest BCUT2D eigenvalue weighted by Crippen LogP contribution is -2.23. The van der Waals surface area contributed by atoms with Gasteiger partial charge in [-0.1, -0.05) is 0 Å². The number of aromatic nitrogens is 1. The molecular formula is C12H16N4O. The summed E-state index contributed by atoms with van der Waals surface area (Å²) in [7, 11) is 0. The highest BCUT2D eigenvalue weighted by molar-refractivity contribution is 5.54. The smallest absolute Gasteiger partial charge is 0.165 e. The van der Waals surface area contributed by atoms with Gasteiger partial charge >= 0.3 is 0 Å². The second kappa shape index (κ2) is 5.51. The Hall–Kier alpha value is -1.80. The summed E-state index contributed by atoms with van der Waals surface area (Å²) >= 11 is 0. The van der Waals surface area contributed by atoms with Crippen LogP contribution >= 0.6 is 0 Å². The van der Waals surface area contributed by atoms with Crippen molar-refractivity contribution in [2.45, 2.75) is 12.8 Å². The van der Waals surface area contributed by atoms with Gasteiger partial charge in [-0.05, 0) is 30.9 Å². The zero-order valence-electron chi connectivity index (χ0n) is 9.65. The van der Waals surface area contributed by atoms with E-state index in [4.69, 9.17) is 15.7 Å². The molecule has 0 atom stereocenters. The SMILES string of the molecule is N#Cc1nc(NCC2CCOCC2)ccc1N. The van der Waals surface area contributed by atoms with Gasteiger partial charge < -0.3 is 15.8 Å². The lowest BCUT2D eigenvalue weighted by Gasteiger charge is -2.22. The first-order valence-electron chi connectivity index (χ1n) is 5.78. The summed E-state index contributed by atoms with van der Waals surface area (Å²) < 4.78 is 5.30. The summed E-state index contributed by atoms with van der Waals surface area (Å²) in [6.45, 7) is 2.54. The lowest BCUT2D eigenvalue weighted by molar-refractivity contribution is 0.0699. The molecule has 0 spiro atoms. The Balaban J connectivity index is 1.92. The lowest BCUT2D eigenvalue weighted by atomic mass is 10.0. The van der Waals surface area contributed by atoms with Crippen LogP contribution in [0, 0.1) is 17.2 Å². The molecule has 0 bridgehead atoms. The molecule has 90 valence electrons. The van der Waals surface area contributed by atoms with Gasteiger partial charge in [0.25, 0.3) is 0 Å². The molecule has 1 aliphatic heterocycles. The van der Waals surface area contributed by atoms with Crippen LogP contribution in [0.15, 0.2) is 12.1 Å². The first kappa shape index (κ1) is 11.7. The van der Waals surface area contributed by atoms with Crippen LogP contribution in [0.2, 0.25) is 0 Å². The highest BCUT2D eigenvalue weighted by Crippen LogP contribution is 2.17. The Kier molecular flexibility index (Phi) is 3.78. The second-order valence-electron chi connectivity index (χ2n) is 4.18. The zero-order chi connectivity index (χ0) is 12.1. The fourth-order valence-corrected chi connectivity index (χ4v) is 1.86. The van der Waals surface area contributed by atoms with Crippen molar-refractivity contribution >= 4 is 11.5 Å². The molecular weight excluding hydrogens is 216 g/mol. The van der Waals surface area contributed by atoms with E-state index >= 15 is 0 Å². The van der Waals surface area contributed by atoms with E-state index in [1.54, 1.807) is 12.1 Å². The minimum atomic E-state index is 0.280. The molecule has 3 N–H and O–H groups in total. The third-order valence-electron chi connectivity index (χ3n) is 2.95. The minimum Gasteiger partial charge on any atom is -0.396 e. The van der Waals surface area contributed by atoms with Crippen LogP contribution in [-0.2, 0) is 4.74 Å². The van der Waals surface area contributed by atoms with Gasteiger partial charge in [-0.15, -0.1) is 0 Å². The van der Waals surface area contributed by atoms with E-state index in [1.807, 2.05) is 6.07 Å². The fraction of sp³-hybridized carbons (Fsp3) is 0.500. The number of anilines is 2. The van der Waals surface area contributed by atoms with Gasteiger partial charge in [-0.25, -0.2) is 4.98 Å². The molecule has 0 radical (unpaired) electrons. The van der Waals surface area contributed by atoms with Gasteiger partial charge in [0.15, 0.2) is 5.69 Å². The maximum atomic E-state index is 8.82. The van der Waals surface area contributed by atoms with Crippen LogP contribution < -0.4 is 11.1 Å². The minimum absolute atomic E-state index is 0.280. The second-order valence-corrected chi connectivity index (χ2v) is 4.18. The van der Waals surface area contributed by atoms with Crippen molar-refractivity contribution in [3.63, 3.8) is 0 Å². The summed E-state index contributed by atoms with van der Waals surface area (Å²) in [6.07, 6.45) is 2.15. The maximum absolute atomic E-state index is 8.82. The normalized spacial score (nSPS) is 16.4. The van der Waals surface area contributed by atoms with E-state index in [1.165, 1.54) is 0 Å². The number of nitrogen functional groups attached to an aromatic ring is 1. The predicted octanol–water partition coefficient (Wildman–Crippen LogP) is 1.37. The predicted molar refractivity (Wildman–Crippen MR) is 65.4 cm³/mol. The fourth-order valence-electron chi connectivity index (χ4n) is 1.86. The van der Waals surface area contributed by atoms with E-state index in [2.05, 4.69) is 10.3 Å². The molecule has 5 nitrogen and oxygen atoms in total. The topological polar surface area (TPSA) is 84.0 Å². The number of ether oxygens (including phenoxy) is 1. The molecule has 1 aromatic heterocycles. The summed E-state index contributed by atoms with van der Waals surface area (Å²) in [6, 6.07) is 5.48. The number of nitrogens with one attached hydrogen (secondary N) is 1. The molecule has 0 saturated carbocycles. The van der Waals surface area contributed by atoms with E-state index in [0.29, 0.717) is 17.4 Å². The standard InChI is InChI=1S/C12H16N4O/c13-7-11-10(14)1-2-12(16-11)15-8-9-3-5-17-6-4-9/h1-2,9H,3-6,8,14H2,(H,15,16). The molecule has 17 heavy (non-hydrogen) atoms. The third kappa shape index (κ3) is 3.08. The Bertz CT molecular complexity index is 421. The van der Waals surface area contributed by atoms with Gasteiger partial charge in [-0.2, -0.15) is 5.26 Å². The van der Waals surface area contributed by atoms with Crippen molar-refractivity contribution in [3.8, 4) is 6.07 Å². The molecule has 1 aliphatic rings. The molecule has 0 unspecified atom stereocenters. The summed E-state index contributed by atoms with van der Waals surface area (Å²) in [4.78, 5) is 4.15. The molecule has 0 amide bonds. The highest BCUT2D eigenvalue weighted by atomic mass is 16.5. The number of nitriles is 1. The molecule has 0 aromatic carbocycles. The highest BCUT2D eigenvalue weighted by Gasteiger charge is 2.13. The van der Waals surface area contributed by atoms with Crippen LogP contribution in [-0.4, -0.2) is 24.7 Å². The summed E-state index contributed by atoms with van der Waals surface area (Å²) in [5.41, 5.74) is 6.31. The number of hydrogen-bond acceptors (Lipinski definition) is 5. The third-order valence-corrected chi connectivity index (χ3v) is 2.95. The van der Waals surface area contributed by atoms with Crippen LogP contribution in [0.5, 0.6) is 0 Å². The van der Waals surface area contributed by atoms with Crippen molar-refractivity contribution in [1.29, 1.82) is 5.26 Å². The Morgan fingerprint density at radius 3 is 2.94 bits per heavy atom. The molecule has 0 aliphatic carbocycles. The van der Waals surface area contributed by atoms with Crippen molar-refractivity contribution in [2.75, 3.05) is 30.8 Å². The Labute approximate surface area is 101 Å². The first-order valence-corrected chi connectivity index (χ1v) is 5.78. The Morgan fingerprint density at radius 1 is 1.47 bits per heavy atom. The van der Waals surface area contributed by atoms with E-state index in [-0.39, 0.29) is 5.69 Å².